The fourth-order valence-corrected chi connectivity index (χ4v) is 2.80. The Kier molecular flexibility index (Phi) is 4.32. The molecule has 0 fully saturated rings. The van der Waals surface area contributed by atoms with Crippen LogP contribution in [0.1, 0.15) is 33.3 Å². The molecule has 0 spiro atoms. The summed E-state index contributed by atoms with van der Waals surface area (Å²) in [6, 6.07) is 14.5. The van der Waals surface area contributed by atoms with Crippen LogP contribution in [0.3, 0.4) is 0 Å². The summed E-state index contributed by atoms with van der Waals surface area (Å²) in [6.45, 7) is 8.75. The molecular formula is C18H22BN. The molecule has 0 atom stereocenters. The lowest BCUT2D eigenvalue weighted by Crippen LogP contribution is -2.38. The van der Waals surface area contributed by atoms with Crippen molar-refractivity contribution in [2.24, 2.45) is 11.8 Å². The van der Waals surface area contributed by atoms with E-state index in [0.717, 1.165) is 11.3 Å². The molecule has 102 valence electrons. The molecule has 1 nitrogen and oxygen atoms in total. The van der Waals surface area contributed by atoms with Crippen molar-refractivity contribution < 1.29 is 0 Å². The van der Waals surface area contributed by atoms with E-state index in [9.17, 15) is 0 Å². The third-order valence-corrected chi connectivity index (χ3v) is 4.26. The van der Waals surface area contributed by atoms with Crippen molar-refractivity contribution in [1.29, 1.82) is 0 Å². The molecule has 0 saturated carbocycles. The zero-order chi connectivity index (χ0) is 14.8. The second kappa shape index (κ2) is 5.82. The van der Waals surface area contributed by atoms with Crippen LogP contribution in [0.15, 0.2) is 48.7 Å². The minimum atomic E-state index is -0.289. The predicted molar refractivity (Wildman–Crippen MR) is 86.8 cm³/mol. The third kappa shape index (κ3) is 2.65. The van der Waals surface area contributed by atoms with Crippen molar-refractivity contribution in [3.63, 3.8) is 0 Å². The molecule has 2 aromatic rings. The maximum Gasteiger partial charge on any atom is 0.0817 e. The molecule has 1 aromatic heterocycles. The molecule has 0 aliphatic rings. The Morgan fingerprint density at radius 1 is 0.900 bits per heavy atom. The lowest BCUT2D eigenvalue weighted by Gasteiger charge is -2.39. The maximum absolute atomic E-state index is 6.68. The first-order valence-corrected chi connectivity index (χ1v) is 7.27. The molecule has 0 bridgehead atoms. The highest BCUT2D eigenvalue weighted by Gasteiger charge is 2.32. The fraction of sp³-hybridized carbons (Fsp3) is 0.389. The van der Waals surface area contributed by atoms with Crippen LogP contribution in [0, 0.1) is 11.8 Å². The van der Waals surface area contributed by atoms with E-state index in [1.54, 1.807) is 0 Å². The van der Waals surface area contributed by atoms with E-state index in [1.165, 1.54) is 5.56 Å². The van der Waals surface area contributed by atoms with Crippen molar-refractivity contribution in [2.45, 2.75) is 33.0 Å². The zero-order valence-corrected chi connectivity index (χ0v) is 12.8. The molecule has 2 radical (unpaired) electrons. The summed E-state index contributed by atoms with van der Waals surface area (Å²) in [7, 11) is 6.68. The van der Waals surface area contributed by atoms with Gasteiger partial charge >= 0.3 is 0 Å². The monoisotopic (exact) mass is 263 g/mol. The third-order valence-electron chi connectivity index (χ3n) is 4.26. The van der Waals surface area contributed by atoms with E-state index in [4.69, 9.17) is 7.85 Å². The van der Waals surface area contributed by atoms with Gasteiger partial charge < -0.3 is 0 Å². The SMILES string of the molecule is [B]C(c1ccc(-c2ccccn2)cc1)(C(C)C)C(C)C. The Labute approximate surface area is 123 Å². The van der Waals surface area contributed by atoms with E-state index in [2.05, 4.69) is 56.9 Å². The molecule has 20 heavy (non-hydrogen) atoms. The van der Waals surface area contributed by atoms with Gasteiger partial charge in [0.1, 0.15) is 0 Å². The van der Waals surface area contributed by atoms with Gasteiger partial charge in [-0.1, -0.05) is 63.6 Å². The summed E-state index contributed by atoms with van der Waals surface area (Å²) in [5.41, 5.74) is 3.32. The molecule has 0 saturated heterocycles. The standard InChI is InChI=1S/C18H22BN/c1-13(2)18(19,14(3)4)16-10-8-15(9-11-16)17-7-5-6-12-20-17/h5-14H,1-4H3. The van der Waals surface area contributed by atoms with Crippen LogP contribution < -0.4 is 0 Å². The number of rotatable bonds is 4. The van der Waals surface area contributed by atoms with Gasteiger partial charge in [0.25, 0.3) is 0 Å². The Balaban J connectivity index is 2.37. The number of nitrogens with zero attached hydrogens (tertiary/aromatic N) is 1. The van der Waals surface area contributed by atoms with Gasteiger partial charge in [-0.05, 0) is 29.3 Å². The first kappa shape index (κ1) is 14.8. The van der Waals surface area contributed by atoms with Crippen LogP contribution in [0.4, 0.5) is 0 Å². The van der Waals surface area contributed by atoms with Gasteiger partial charge in [-0.25, -0.2) is 0 Å². The normalized spacial score (nSPS) is 12.1. The van der Waals surface area contributed by atoms with Crippen LogP contribution in [-0.2, 0) is 5.31 Å². The maximum atomic E-state index is 6.68. The van der Waals surface area contributed by atoms with Gasteiger partial charge in [-0.15, -0.1) is 0 Å². The molecule has 0 amide bonds. The molecular weight excluding hydrogens is 241 g/mol. The Hall–Kier alpha value is -1.57. The average Bonchev–Trinajstić information content (AvgIpc) is 2.47. The van der Waals surface area contributed by atoms with Gasteiger partial charge in [0.05, 0.1) is 13.5 Å². The smallest absolute Gasteiger partial charge is 0.0817 e. The zero-order valence-electron chi connectivity index (χ0n) is 12.8. The molecule has 1 aromatic carbocycles. The quantitative estimate of drug-likeness (QED) is 0.744. The number of hydrogen-bond donors (Lipinski definition) is 0. The minimum absolute atomic E-state index is 0.289. The molecule has 0 N–H and O–H groups in total. The fourth-order valence-electron chi connectivity index (χ4n) is 2.80. The van der Waals surface area contributed by atoms with E-state index < -0.39 is 0 Å². The summed E-state index contributed by atoms with van der Waals surface area (Å²) in [5.74, 6) is 0.784. The summed E-state index contributed by atoms with van der Waals surface area (Å²) >= 11 is 0. The lowest BCUT2D eigenvalue weighted by atomic mass is 9.52. The number of hydrogen-bond acceptors (Lipinski definition) is 1. The van der Waals surface area contributed by atoms with Crippen molar-refractivity contribution in [3.05, 3.63) is 54.2 Å². The average molecular weight is 263 g/mol. The highest BCUT2D eigenvalue weighted by Crippen LogP contribution is 2.36. The molecule has 1 heterocycles. The summed E-state index contributed by atoms with van der Waals surface area (Å²) in [5, 5.41) is -0.289. The summed E-state index contributed by atoms with van der Waals surface area (Å²) < 4.78 is 0. The summed E-state index contributed by atoms with van der Waals surface area (Å²) in [4.78, 5) is 4.38. The van der Waals surface area contributed by atoms with Gasteiger partial charge in [0.15, 0.2) is 0 Å². The van der Waals surface area contributed by atoms with E-state index >= 15 is 0 Å². The van der Waals surface area contributed by atoms with Gasteiger partial charge in [0, 0.05) is 11.8 Å². The lowest BCUT2D eigenvalue weighted by molar-refractivity contribution is 0.331. The highest BCUT2D eigenvalue weighted by atomic mass is 14.7. The van der Waals surface area contributed by atoms with Crippen LogP contribution in [0.25, 0.3) is 11.3 Å². The Morgan fingerprint density at radius 2 is 1.50 bits per heavy atom. The number of benzene rings is 1. The van der Waals surface area contributed by atoms with Gasteiger partial charge in [0.2, 0.25) is 0 Å². The molecule has 0 aliphatic carbocycles. The second-order valence-electron chi connectivity index (χ2n) is 6.03. The van der Waals surface area contributed by atoms with Crippen LogP contribution in [0.5, 0.6) is 0 Å². The summed E-state index contributed by atoms with van der Waals surface area (Å²) in [6.07, 6.45) is 1.82. The molecule has 0 unspecified atom stereocenters. The number of aromatic nitrogens is 1. The molecule has 2 heteroatoms. The van der Waals surface area contributed by atoms with Crippen LogP contribution in [0.2, 0.25) is 0 Å². The van der Waals surface area contributed by atoms with Crippen molar-refractivity contribution >= 4 is 7.85 Å². The van der Waals surface area contributed by atoms with E-state index in [-0.39, 0.29) is 5.31 Å². The van der Waals surface area contributed by atoms with Crippen molar-refractivity contribution in [1.82, 2.24) is 4.98 Å². The second-order valence-corrected chi connectivity index (χ2v) is 6.03. The molecule has 0 aliphatic heterocycles. The van der Waals surface area contributed by atoms with Gasteiger partial charge in [-0.2, -0.15) is 0 Å². The van der Waals surface area contributed by atoms with Gasteiger partial charge in [-0.3, -0.25) is 4.98 Å². The first-order valence-electron chi connectivity index (χ1n) is 7.27. The minimum Gasteiger partial charge on any atom is -0.256 e. The van der Waals surface area contributed by atoms with Crippen LogP contribution >= 0.6 is 0 Å². The molecule has 2 rings (SSSR count). The van der Waals surface area contributed by atoms with Crippen LogP contribution in [-0.4, -0.2) is 12.8 Å². The Bertz CT molecular complexity index is 535. The number of pyridine rings is 1. The Morgan fingerprint density at radius 3 is 1.95 bits per heavy atom. The predicted octanol–water partition coefficient (Wildman–Crippen LogP) is 4.42. The largest absolute Gasteiger partial charge is 0.256 e. The topological polar surface area (TPSA) is 12.9 Å². The van der Waals surface area contributed by atoms with Crippen molar-refractivity contribution in [2.75, 3.05) is 0 Å². The highest BCUT2D eigenvalue weighted by molar-refractivity contribution is 6.16. The van der Waals surface area contributed by atoms with E-state index in [0.29, 0.717) is 11.8 Å². The van der Waals surface area contributed by atoms with E-state index in [1.807, 2.05) is 24.4 Å². The van der Waals surface area contributed by atoms with Crippen molar-refractivity contribution in [3.8, 4) is 11.3 Å². The first-order chi connectivity index (χ1) is 9.46.